The van der Waals surface area contributed by atoms with E-state index in [0.717, 1.165) is 13.1 Å². The first-order valence-corrected chi connectivity index (χ1v) is 6.76. The van der Waals surface area contributed by atoms with Crippen LogP contribution >= 0.6 is 34.8 Å². The summed E-state index contributed by atoms with van der Waals surface area (Å²) in [6.07, 6.45) is 2.35. The van der Waals surface area contributed by atoms with E-state index in [-0.39, 0.29) is 0 Å². The molecule has 1 aromatic rings. The molecule has 2 nitrogen and oxygen atoms in total. The lowest BCUT2D eigenvalue weighted by atomic mass is 10.3. The van der Waals surface area contributed by atoms with Crippen molar-refractivity contribution in [2.24, 2.45) is 0 Å². The number of benzene rings is 1. The third-order valence-electron chi connectivity index (χ3n) is 2.20. The van der Waals surface area contributed by atoms with E-state index in [9.17, 15) is 0 Å². The van der Waals surface area contributed by atoms with Crippen molar-refractivity contribution in [2.45, 2.75) is 19.8 Å². The molecule has 1 N–H and O–H groups in total. The minimum absolute atomic E-state index is 0.441. The molecule has 17 heavy (non-hydrogen) atoms. The van der Waals surface area contributed by atoms with E-state index in [4.69, 9.17) is 39.5 Å². The summed E-state index contributed by atoms with van der Waals surface area (Å²) in [7, 11) is 0. The summed E-state index contributed by atoms with van der Waals surface area (Å²) in [4.78, 5) is 0. The highest BCUT2D eigenvalue weighted by molar-refractivity contribution is 6.40. The van der Waals surface area contributed by atoms with Gasteiger partial charge in [-0.3, -0.25) is 0 Å². The first-order chi connectivity index (χ1) is 8.15. The number of hydrogen-bond acceptors (Lipinski definition) is 2. The Morgan fingerprint density at radius 1 is 1.12 bits per heavy atom. The summed E-state index contributed by atoms with van der Waals surface area (Å²) in [6, 6.07) is 3.24. The molecule has 0 unspecified atom stereocenters. The maximum Gasteiger partial charge on any atom is 0.156 e. The summed E-state index contributed by atoms with van der Waals surface area (Å²) in [5.41, 5.74) is 0. The number of halogens is 3. The second-order valence-corrected chi connectivity index (χ2v) is 4.90. The molecule has 0 aliphatic rings. The molecule has 1 rings (SSSR count). The van der Waals surface area contributed by atoms with Crippen LogP contribution < -0.4 is 10.1 Å². The zero-order valence-corrected chi connectivity index (χ0v) is 12.0. The second-order valence-electron chi connectivity index (χ2n) is 3.65. The minimum Gasteiger partial charge on any atom is -0.489 e. The lowest BCUT2D eigenvalue weighted by Crippen LogP contribution is -2.22. The molecule has 0 heterocycles. The fourth-order valence-electron chi connectivity index (χ4n) is 1.32. The summed E-state index contributed by atoms with van der Waals surface area (Å²) < 4.78 is 5.52. The van der Waals surface area contributed by atoms with Gasteiger partial charge in [-0.1, -0.05) is 48.1 Å². The molecule has 0 amide bonds. The molecule has 0 atom stereocenters. The highest BCUT2D eigenvalue weighted by Gasteiger charge is 2.08. The average molecular weight is 297 g/mol. The Balaban J connectivity index is 2.36. The summed E-state index contributed by atoms with van der Waals surface area (Å²) in [5.74, 6) is 0.495. The molecule has 0 spiro atoms. The van der Waals surface area contributed by atoms with Crippen LogP contribution in [0.3, 0.4) is 0 Å². The van der Waals surface area contributed by atoms with Gasteiger partial charge in [0.2, 0.25) is 0 Å². The average Bonchev–Trinajstić information content (AvgIpc) is 2.26. The Bertz CT molecular complexity index is 335. The summed E-state index contributed by atoms with van der Waals surface area (Å²) in [6.45, 7) is 4.47. The Morgan fingerprint density at radius 2 is 1.76 bits per heavy atom. The Kier molecular flexibility index (Phi) is 7.05. The van der Waals surface area contributed by atoms with E-state index in [2.05, 4.69) is 12.2 Å². The van der Waals surface area contributed by atoms with Crippen molar-refractivity contribution in [2.75, 3.05) is 19.7 Å². The van der Waals surface area contributed by atoms with Crippen molar-refractivity contribution in [3.8, 4) is 5.75 Å². The molecule has 0 fully saturated rings. The molecule has 0 saturated heterocycles. The number of rotatable bonds is 7. The zero-order valence-electron chi connectivity index (χ0n) is 9.73. The van der Waals surface area contributed by atoms with Crippen LogP contribution in [0.15, 0.2) is 12.1 Å². The molecule has 0 aromatic heterocycles. The van der Waals surface area contributed by atoms with E-state index >= 15 is 0 Å². The number of ether oxygens (including phenoxy) is 1. The van der Waals surface area contributed by atoms with Crippen LogP contribution in [-0.2, 0) is 0 Å². The van der Waals surface area contributed by atoms with Crippen molar-refractivity contribution in [3.05, 3.63) is 27.2 Å². The van der Waals surface area contributed by atoms with Crippen LogP contribution in [0.4, 0.5) is 0 Å². The van der Waals surface area contributed by atoms with Gasteiger partial charge in [-0.15, -0.1) is 0 Å². The third-order valence-corrected chi connectivity index (χ3v) is 2.98. The van der Waals surface area contributed by atoms with Gasteiger partial charge in [0.05, 0.1) is 10.0 Å². The molecule has 1 aromatic carbocycles. The van der Waals surface area contributed by atoms with Gasteiger partial charge in [0.15, 0.2) is 5.75 Å². The molecule has 5 heteroatoms. The van der Waals surface area contributed by atoms with Crippen molar-refractivity contribution < 1.29 is 4.74 Å². The molecular weight excluding hydrogens is 280 g/mol. The predicted molar refractivity (Wildman–Crippen MR) is 74.7 cm³/mol. The van der Waals surface area contributed by atoms with Gasteiger partial charge < -0.3 is 10.1 Å². The number of unbranched alkanes of at least 4 members (excludes halogenated alkanes) is 1. The Morgan fingerprint density at radius 3 is 2.35 bits per heavy atom. The number of hydrogen-bond donors (Lipinski definition) is 1. The van der Waals surface area contributed by atoms with Crippen molar-refractivity contribution in [1.82, 2.24) is 5.32 Å². The van der Waals surface area contributed by atoms with Gasteiger partial charge >= 0.3 is 0 Å². The molecular formula is C12H16Cl3NO. The highest BCUT2D eigenvalue weighted by atomic mass is 35.5. The summed E-state index contributed by atoms with van der Waals surface area (Å²) in [5, 5.41) is 4.66. The van der Waals surface area contributed by atoms with Crippen molar-refractivity contribution in [3.63, 3.8) is 0 Å². The molecule has 0 bridgehead atoms. The van der Waals surface area contributed by atoms with E-state index in [1.54, 1.807) is 12.1 Å². The normalized spacial score (nSPS) is 10.6. The molecule has 0 aliphatic heterocycles. The van der Waals surface area contributed by atoms with Crippen LogP contribution in [0.25, 0.3) is 0 Å². The zero-order chi connectivity index (χ0) is 12.7. The fraction of sp³-hybridized carbons (Fsp3) is 0.500. The smallest absolute Gasteiger partial charge is 0.156 e. The first-order valence-electron chi connectivity index (χ1n) is 5.63. The largest absolute Gasteiger partial charge is 0.489 e. The lowest BCUT2D eigenvalue weighted by molar-refractivity contribution is 0.314. The van der Waals surface area contributed by atoms with Crippen LogP contribution in [0.1, 0.15) is 19.8 Å². The van der Waals surface area contributed by atoms with Gasteiger partial charge in [0.25, 0.3) is 0 Å². The second kappa shape index (κ2) is 8.04. The first kappa shape index (κ1) is 14.9. The van der Waals surface area contributed by atoms with E-state index in [0.29, 0.717) is 27.4 Å². The molecule has 96 valence electrons. The van der Waals surface area contributed by atoms with Gasteiger partial charge in [-0.25, -0.2) is 0 Å². The molecule has 0 aliphatic carbocycles. The maximum atomic E-state index is 5.98. The Labute approximate surface area is 117 Å². The van der Waals surface area contributed by atoms with Gasteiger partial charge in [0.1, 0.15) is 6.61 Å². The molecule has 0 saturated carbocycles. The molecule has 0 radical (unpaired) electrons. The Hall–Kier alpha value is -0.150. The lowest BCUT2D eigenvalue weighted by Gasteiger charge is -2.10. The standard InChI is InChI=1S/C12H16Cl3NO/c1-2-3-4-16-5-6-17-12-10(14)7-9(13)8-11(12)15/h7-8,16H,2-6H2,1H3. The van der Waals surface area contributed by atoms with Crippen LogP contribution in [0.2, 0.25) is 15.1 Å². The van der Waals surface area contributed by atoms with E-state index in [1.807, 2.05) is 0 Å². The SMILES string of the molecule is CCCCNCCOc1c(Cl)cc(Cl)cc1Cl. The monoisotopic (exact) mass is 295 g/mol. The minimum atomic E-state index is 0.441. The third kappa shape index (κ3) is 5.35. The van der Waals surface area contributed by atoms with Gasteiger partial charge in [-0.05, 0) is 25.1 Å². The van der Waals surface area contributed by atoms with Crippen LogP contribution in [-0.4, -0.2) is 19.7 Å². The van der Waals surface area contributed by atoms with Crippen molar-refractivity contribution >= 4 is 34.8 Å². The fourth-order valence-corrected chi connectivity index (χ4v) is 2.24. The van der Waals surface area contributed by atoms with E-state index < -0.39 is 0 Å². The topological polar surface area (TPSA) is 21.3 Å². The predicted octanol–water partition coefficient (Wildman–Crippen LogP) is 4.42. The van der Waals surface area contributed by atoms with Gasteiger partial charge in [0, 0.05) is 11.6 Å². The summed E-state index contributed by atoms with van der Waals surface area (Å²) >= 11 is 17.8. The van der Waals surface area contributed by atoms with E-state index in [1.165, 1.54) is 12.8 Å². The van der Waals surface area contributed by atoms with Crippen LogP contribution in [0, 0.1) is 0 Å². The van der Waals surface area contributed by atoms with Crippen molar-refractivity contribution in [1.29, 1.82) is 0 Å². The van der Waals surface area contributed by atoms with Gasteiger partial charge in [-0.2, -0.15) is 0 Å². The quantitative estimate of drug-likeness (QED) is 0.752. The highest BCUT2D eigenvalue weighted by Crippen LogP contribution is 2.35. The number of nitrogens with one attached hydrogen (secondary N) is 1. The van der Waals surface area contributed by atoms with Crippen LogP contribution in [0.5, 0.6) is 5.75 Å². The maximum absolute atomic E-state index is 5.98.